The van der Waals surface area contributed by atoms with E-state index in [1.165, 1.54) is 18.2 Å². The molecular weight excluding hydrogens is 343 g/mol. The fourth-order valence-corrected chi connectivity index (χ4v) is 3.49. The summed E-state index contributed by atoms with van der Waals surface area (Å²) in [6.45, 7) is 1.59. The zero-order chi connectivity index (χ0) is 17.0. The summed E-state index contributed by atoms with van der Waals surface area (Å²) in [5, 5.41) is 9.94. The Balaban J connectivity index is 1.98. The second-order valence-corrected chi connectivity index (χ2v) is 7.58. The number of ether oxygens (including phenoxy) is 1. The zero-order valence-electron chi connectivity index (χ0n) is 12.4. The number of aliphatic hydroxyl groups excluding tert-OH is 1. The van der Waals surface area contributed by atoms with Crippen LogP contribution in [0.25, 0.3) is 0 Å². The summed E-state index contributed by atoms with van der Waals surface area (Å²) in [7, 11) is -3.62. The average molecular weight is 359 g/mol. The van der Waals surface area contributed by atoms with Gasteiger partial charge in [-0.2, -0.15) is 0 Å². The molecular formula is C16H16ClFO4S. The molecule has 0 unspecified atom stereocenters. The second-order valence-electron chi connectivity index (χ2n) is 5.13. The van der Waals surface area contributed by atoms with E-state index in [0.717, 1.165) is 17.7 Å². The Labute approximate surface area is 139 Å². The van der Waals surface area contributed by atoms with Gasteiger partial charge in [-0.05, 0) is 37.3 Å². The van der Waals surface area contributed by atoms with E-state index in [2.05, 4.69) is 0 Å². The number of sulfone groups is 1. The highest BCUT2D eigenvalue weighted by molar-refractivity contribution is 7.91. The molecule has 1 atom stereocenters. The van der Waals surface area contributed by atoms with Gasteiger partial charge in [-0.1, -0.05) is 29.3 Å². The summed E-state index contributed by atoms with van der Waals surface area (Å²) >= 11 is 5.79. The Morgan fingerprint density at radius 3 is 2.48 bits per heavy atom. The molecule has 0 spiro atoms. The first-order valence-corrected chi connectivity index (χ1v) is 8.86. The number of hydrogen-bond donors (Lipinski definition) is 1. The molecule has 0 fully saturated rings. The van der Waals surface area contributed by atoms with Gasteiger partial charge in [0.25, 0.3) is 0 Å². The smallest absolute Gasteiger partial charge is 0.181 e. The van der Waals surface area contributed by atoms with Crippen LogP contribution in [0, 0.1) is 12.7 Å². The normalized spacial score (nSPS) is 12.9. The average Bonchev–Trinajstić information content (AvgIpc) is 2.46. The zero-order valence-corrected chi connectivity index (χ0v) is 13.9. The van der Waals surface area contributed by atoms with Crippen molar-refractivity contribution in [3.8, 4) is 5.75 Å². The maximum Gasteiger partial charge on any atom is 0.181 e. The first-order chi connectivity index (χ1) is 10.8. The monoisotopic (exact) mass is 358 g/mol. The van der Waals surface area contributed by atoms with Gasteiger partial charge in [0, 0.05) is 0 Å². The topological polar surface area (TPSA) is 63.6 Å². The van der Waals surface area contributed by atoms with Crippen LogP contribution >= 0.6 is 11.6 Å². The van der Waals surface area contributed by atoms with Crippen LogP contribution < -0.4 is 4.74 Å². The van der Waals surface area contributed by atoms with Crippen LogP contribution in [0.5, 0.6) is 5.75 Å². The minimum atomic E-state index is -3.62. The van der Waals surface area contributed by atoms with Crippen molar-refractivity contribution in [2.24, 2.45) is 0 Å². The van der Waals surface area contributed by atoms with Gasteiger partial charge in [0.15, 0.2) is 9.84 Å². The van der Waals surface area contributed by atoms with Crippen molar-refractivity contribution in [3.05, 3.63) is 58.9 Å². The van der Waals surface area contributed by atoms with E-state index < -0.39 is 27.5 Å². The van der Waals surface area contributed by atoms with Crippen LogP contribution in [-0.4, -0.2) is 32.0 Å². The largest absolute Gasteiger partial charge is 0.489 e. The lowest BCUT2D eigenvalue weighted by Gasteiger charge is -2.14. The molecule has 1 N–H and O–H groups in total. The lowest BCUT2D eigenvalue weighted by atomic mass is 10.2. The highest BCUT2D eigenvalue weighted by atomic mass is 35.5. The van der Waals surface area contributed by atoms with Crippen LogP contribution in [0.1, 0.15) is 5.56 Å². The van der Waals surface area contributed by atoms with E-state index in [1.807, 2.05) is 6.92 Å². The Kier molecular flexibility index (Phi) is 5.62. The van der Waals surface area contributed by atoms with E-state index >= 15 is 0 Å². The van der Waals surface area contributed by atoms with Crippen LogP contribution in [0.4, 0.5) is 4.39 Å². The molecule has 2 aromatic rings. The maximum absolute atomic E-state index is 12.9. The molecule has 23 heavy (non-hydrogen) atoms. The first kappa shape index (κ1) is 17.7. The fraction of sp³-hybridized carbons (Fsp3) is 0.250. The Hall–Kier alpha value is -1.63. The molecule has 4 nitrogen and oxygen atoms in total. The fourth-order valence-electron chi connectivity index (χ4n) is 1.92. The van der Waals surface area contributed by atoms with Gasteiger partial charge < -0.3 is 9.84 Å². The Bertz CT molecular complexity index is 775. The molecule has 0 radical (unpaired) electrons. The van der Waals surface area contributed by atoms with Crippen molar-refractivity contribution in [1.29, 1.82) is 0 Å². The molecule has 0 aliphatic heterocycles. The number of aryl methyl sites for hydroxylation is 1. The number of hydrogen-bond acceptors (Lipinski definition) is 4. The van der Waals surface area contributed by atoms with Crippen molar-refractivity contribution in [2.75, 3.05) is 12.4 Å². The van der Waals surface area contributed by atoms with Crippen molar-refractivity contribution >= 4 is 21.4 Å². The van der Waals surface area contributed by atoms with Crippen LogP contribution in [0.15, 0.2) is 47.4 Å². The summed E-state index contributed by atoms with van der Waals surface area (Å²) in [4.78, 5) is 0.141. The summed E-state index contributed by atoms with van der Waals surface area (Å²) < 4.78 is 42.5. The predicted molar refractivity (Wildman–Crippen MR) is 86.1 cm³/mol. The molecule has 0 aliphatic rings. The third kappa shape index (κ3) is 4.92. The van der Waals surface area contributed by atoms with Gasteiger partial charge in [0.2, 0.25) is 0 Å². The van der Waals surface area contributed by atoms with Gasteiger partial charge in [-0.3, -0.25) is 0 Å². The van der Waals surface area contributed by atoms with Crippen molar-refractivity contribution in [3.63, 3.8) is 0 Å². The van der Waals surface area contributed by atoms with E-state index in [4.69, 9.17) is 16.3 Å². The molecule has 124 valence electrons. The molecule has 2 rings (SSSR count). The molecule has 0 amide bonds. The molecule has 0 saturated heterocycles. The summed E-state index contributed by atoms with van der Waals surface area (Å²) in [5.41, 5.74) is 0.943. The second kappa shape index (κ2) is 7.29. The lowest BCUT2D eigenvalue weighted by Crippen LogP contribution is -2.27. The van der Waals surface area contributed by atoms with E-state index in [0.29, 0.717) is 0 Å². The SMILES string of the molecule is Cc1ccc(S(=O)(=O)C[C@H](O)COc2ccc(F)cc2Cl)cc1. The van der Waals surface area contributed by atoms with E-state index in [9.17, 15) is 17.9 Å². The van der Waals surface area contributed by atoms with Gasteiger partial charge in [-0.15, -0.1) is 0 Å². The van der Waals surface area contributed by atoms with Gasteiger partial charge in [0.1, 0.15) is 24.3 Å². The Morgan fingerprint density at radius 1 is 1.22 bits per heavy atom. The van der Waals surface area contributed by atoms with Crippen LogP contribution in [-0.2, 0) is 9.84 Å². The summed E-state index contributed by atoms with van der Waals surface area (Å²) in [5.74, 6) is -0.806. The molecule has 0 aliphatic carbocycles. The predicted octanol–water partition coefficient (Wildman–Crippen LogP) is 3.00. The van der Waals surface area contributed by atoms with E-state index in [-0.39, 0.29) is 22.3 Å². The summed E-state index contributed by atoms with van der Waals surface area (Å²) in [6, 6.07) is 9.92. The molecule has 7 heteroatoms. The number of rotatable bonds is 6. The lowest BCUT2D eigenvalue weighted by molar-refractivity contribution is 0.125. The molecule has 0 heterocycles. The van der Waals surface area contributed by atoms with Gasteiger partial charge in [-0.25, -0.2) is 12.8 Å². The number of benzene rings is 2. The molecule has 2 aromatic carbocycles. The van der Waals surface area contributed by atoms with Crippen molar-refractivity contribution in [1.82, 2.24) is 0 Å². The number of aliphatic hydroxyl groups is 1. The van der Waals surface area contributed by atoms with E-state index in [1.54, 1.807) is 12.1 Å². The third-order valence-electron chi connectivity index (χ3n) is 3.12. The third-order valence-corrected chi connectivity index (χ3v) is 5.23. The Morgan fingerprint density at radius 2 is 1.87 bits per heavy atom. The van der Waals surface area contributed by atoms with Crippen molar-refractivity contribution in [2.45, 2.75) is 17.9 Å². The van der Waals surface area contributed by atoms with Crippen LogP contribution in [0.2, 0.25) is 5.02 Å². The first-order valence-electron chi connectivity index (χ1n) is 6.83. The number of halogens is 2. The molecule has 0 bridgehead atoms. The highest BCUT2D eigenvalue weighted by Gasteiger charge is 2.20. The van der Waals surface area contributed by atoms with Crippen LogP contribution in [0.3, 0.4) is 0 Å². The molecule has 0 aromatic heterocycles. The standard InChI is InChI=1S/C16H16ClFO4S/c1-11-2-5-14(6-3-11)23(20,21)10-13(19)9-22-16-7-4-12(18)8-15(16)17/h2-8,13,19H,9-10H2,1H3/t13-/m1/s1. The highest BCUT2D eigenvalue weighted by Crippen LogP contribution is 2.25. The summed E-state index contributed by atoms with van der Waals surface area (Å²) in [6.07, 6.45) is -1.23. The minimum Gasteiger partial charge on any atom is -0.489 e. The molecule has 0 saturated carbocycles. The minimum absolute atomic E-state index is 0.0543. The van der Waals surface area contributed by atoms with Gasteiger partial charge >= 0.3 is 0 Å². The van der Waals surface area contributed by atoms with Crippen molar-refractivity contribution < 1.29 is 22.7 Å². The quantitative estimate of drug-likeness (QED) is 0.862. The van der Waals surface area contributed by atoms with Gasteiger partial charge in [0.05, 0.1) is 15.7 Å². The maximum atomic E-state index is 12.9.